The number of allylic oxidation sites excluding steroid dienone is 1. The minimum Gasteiger partial charge on any atom is -0.497 e. The number of rotatable bonds is 3. The zero-order valence-electron chi connectivity index (χ0n) is 11.2. The van der Waals surface area contributed by atoms with Crippen LogP contribution in [-0.4, -0.2) is 31.1 Å². The van der Waals surface area contributed by atoms with Gasteiger partial charge in [0, 0.05) is 11.6 Å². The Morgan fingerprint density at radius 2 is 2.05 bits per heavy atom. The van der Waals surface area contributed by atoms with Gasteiger partial charge in [0.25, 0.3) is 5.91 Å². The Kier molecular flexibility index (Phi) is 3.57. The zero-order chi connectivity index (χ0) is 14.8. The van der Waals surface area contributed by atoms with E-state index in [1.54, 1.807) is 24.3 Å². The smallest absolute Gasteiger partial charge is 0.268 e. The topological polar surface area (TPSA) is 101 Å². The highest BCUT2D eigenvalue weighted by atomic mass is 16.8. The molecule has 8 nitrogen and oxygen atoms in total. The van der Waals surface area contributed by atoms with Crippen molar-refractivity contribution in [1.82, 2.24) is 21.6 Å². The summed E-state index contributed by atoms with van der Waals surface area (Å²) in [6.07, 6.45) is 0.522. The Bertz CT molecular complexity index is 616. The Morgan fingerprint density at radius 1 is 1.29 bits per heavy atom. The van der Waals surface area contributed by atoms with Gasteiger partial charge in [-0.05, 0) is 12.1 Å². The third-order valence-electron chi connectivity index (χ3n) is 3.18. The molecule has 3 rings (SSSR count). The lowest BCUT2D eigenvalue weighted by Crippen LogP contribution is -2.61. The predicted molar refractivity (Wildman–Crippen MR) is 71.6 cm³/mol. The van der Waals surface area contributed by atoms with Crippen LogP contribution in [0.15, 0.2) is 36.0 Å². The van der Waals surface area contributed by atoms with E-state index in [1.165, 1.54) is 13.2 Å². The van der Waals surface area contributed by atoms with E-state index < -0.39 is 0 Å². The van der Waals surface area contributed by atoms with Crippen LogP contribution in [0.1, 0.15) is 10.4 Å². The highest BCUT2D eigenvalue weighted by Crippen LogP contribution is 2.14. The first-order chi connectivity index (χ1) is 10.2. The van der Waals surface area contributed by atoms with Gasteiger partial charge in [-0.2, -0.15) is 11.0 Å². The first-order valence-electron chi connectivity index (χ1n) is 6.32. The van der Waals surface area contributed by atoms with Gasteiger partial charge in [0.05, 0.1) is 7.11 Å². The van der Waals surface area contributed by atoms with E-state index in [0.717, 1.165) is 0 Å². The fourth-order valence-corrected chi connectivity index (χ4v) is 2.07. The average molecular weight is 290 g/mol. The van der Waals surface area contributed by atoms with Crippen molar-refractivity contribution in [3.05, 3.63) is 41.6 Å². The van der Waals surface area contributed by atoms with Crippen LogP contribution in [0, 0.1) is 0 Å². The number of amides is 1. The molecule has 1 aromatic carbocycles. The number of carbonyl (C=O) groups excluding carboxylic acids is 2. The molecule has 2 fully saturated rings. The van der Waals surface area contributed by atoms with Gasteiger partial charge in [0.1, 0.15) is 23.8 Å². The molecule has 2 aliphatic heterocycles. The van der Waals surface area contributed by atoms with Gasteiger partial charge in [-0.15, -0.1) is 0 Å². The number of ether oxygens (including phenoxy) is 1. The van der Waals surface area contributed by atoms with Crippen LogP contribution in [0.25, 0.3) is 0 Å². The molecule has 2 saturated heterocycles. The first-order valence-corrected chi connectivity index (χ1v) is 6.32. The molecule has 21 heavy (non-hydrogen) atoms. The van der Waals surface area contributed by atoms with E-state index >= 15 is 0 Å². The van der Waals surface area contributed by atoms with E-state index in [0.29, 0.717) is 11.3 Å². The van der Waals surface area contributed by atoms with Crippen molar-refractivity contribution in [2.24, 2.45) is 0 Å². The molecule has 8 heteroatoms. The largest absolute Gasteiger partial charge is 0.497 e. The lowest BCUT2D eigenvalue weighted by molar-refractivity contribution is -0.120. The Balaban J connectivity index is 1.79. The number of methoxy groups -OCH3 is 1. The monoisotopic (exact) mass is 290 g/mol. The Hall–Kier alpha value is -2.42. The summed E-state index contributed by atoms with van der Waals surface area (Å²) in [5.74, 6) is -0.0976. The number of piperazine rings is 1. The van der Waals surface area contributed by atoms with Gasteiger partial charge in [-0.25, -0.2) is 4.94 Å². The maximum Gasteiger partial charge on any atom is 0.268 e. The van der Waals surface area contributed by atoms with Gasteiger partial charge in [-0.1, -0.05) is 12.1 Å². The average Bonchev–Trinajstić information content (AvgIpc) is 2.94. The molecule has 2 aliphatic rings. The first kappa shape index (κ1) is 13.6. The molecule has 1 aromatic rings. The maximum absolute atomic E-state index is 12.2. The molecule has 4 N–H and O–H groups in total. The number of carbonyl (C=O) groups is 2. The number of benzene rings is 1. The minimum atomic E-state index is -0.387. The number of hydrogen-bond acceptors (Lipinski definition) is 7. The highest BCUT2D eigenvalue weighted by Gasteiger charge is 2.36. The van der Waals surface area contributed by atoms with Gasteiger partial charge in [0.2, 0.25) is 0 Å². The summed E-state index contributed by atoms with van der Waals surface area (Å²) in [7, 11) is 1.52. The number of ketones is 1. The van der Waals surface area contributed by atoms with Gasteiger partial charge < -0.3 is 15.4 Å². The molecule has 0 saturated carbocycles. The molecule has 2 atom stereocenters. The third kappa shape index (κ3) is 2.72. The summed E-state index contributed by atoms with van der Waals surface area (Å²) in [6.45, 7) is 0. The highest BCUT2D eigenvalue weighted by molar-refractivity contribution is 6.09. The molecular formula is C13H14N4O4. The molecular weight excluding hydrogens is 276 g/mol. The lowest BCUT2D eigenvalue weighted by atomic mass is 10.1. The van der Waals surface area contributed by atoms with E-state index in [-0.39, 0.29) is 29.7 Å². The van der Waals surface area contributed by atoms with Crippen LogP contribution < -0.4 is 26.3 Å². The SMILES string of the molecule is COc1cccc(C(=O)/C=C2/NC3NONC3NC2=O)c1. The number of hydrogen-bond donors (Lipinski definition) is 4. The van der Waals surface area contributed by atoms with Crippen molar-refractivity contribution in [2.75, 3.05) is 7.11 Å². The van der Waals surface area contributed by atoms with Crippen molar-refractivity contribution in [2.45, 2.75) is 12.3 Å². The summed E-state index contributed by atoms with van der Waals surface area (Å²) in [5, 5.41) is 5.56. The second-order valence-electron chi connectivity index (χ2n) is 4.57. The second kappa shape index (κ2) is 5.52. The standard InChI is InChI=1S/C13H14N4O4/c1-20-8-4-2-3-7(5-8)10(18)6-9-13(19)15-12-11(14-9)16-21-17-12/h2-6,11-12,14,16-17H,1H3,(H,15,19)/b9-6+. The molecule has 0 aliphatic carbocycles. The molecule has 110 valence electrons. The van der Waals surface area contributed by atoms with E-state index in [1.807, 2.05) is 0 Å². The number of nitrogens with one attached hydrogen (secondary N) is 4. The molecule has 0 bridgehead atoms. The third-order valence-corrected chi connectivity index (χ3v) is 3.18. The van der Waals surface area contributed by atoms with Crippen LogP contribution in [0.3, 0.4) is 0 Å². The van der Waals surface area contributed by atoms with Crippen molar-refractivity contribution in [1.29, 1.82) is 0 Å². The summed E-state index contributed by atoms with van der Waals surface area (Å²) in [5.41, 5.74) is 5.81. The van der Waals surface area contributed by atoms with Crippen LogP contribution in [0.2, 0.25) is 0 Å². The fourth-order valence-electron chi connectivity index (χ4n) is 2.07. The van der Waals surface area contributed by atoms with Gasteiger partial charge in [-0.3, -0.25) is 9.59 Å². The van der Waals surface area contributed by atoms with Gasteiger partial charge in [0.15, 0.2) is 5.78 Å². The van der Waals surface area contributed by atoms with E-state index in [9.17, 15) is 9.59 Å². The van der Waals surface area contributed by atoms with E-state index in [2.05, 4.69) is 21.6 Å². The van der Waals surface area contributed by atoms with Crippen LogP contribution in [0.5, 0.6) is 5.75 Å². The predicted octanol–water partition coefficient (Wildman–Crippen LogP) is -0.827. The summed E-state index contributed by atoms with van der Waals surface area (Å²) in [6, 6.07) is 6.72. The Morgan fingerprint density at radius 3 is 2.81 bits per heavy atom. The van der Waals surface area contributed by atoms with Crippen LogP contribution >= 0.6 is 0 Å². The van der Waals surface area contributed by atoms with E-state index in [4.69, 9.17) is 9.68 Å². The number of fused-ring (bicyclic) bond motifs is 1. The Labute approximate surface area is 120 Å². The number of hydroxylamine groups is 2. The normalized spacial score (nSPS) is 26.0. The molecule has 0 aromatic heterocycles. The molecule has 0 spiro atoms. The van der Waals surface area contributed by atoms with Crippen LogP contribution in [-0.2, 0) is 9.73 Å². The zero-order valence-corrected chi connectivity index (χ0v) is 11.2. The quantitative estimate of drug-likeness (QED) is 0.426. The van der Waals surface area contributed by atoms with Crippen molar-refractivity contribution in [3.8, 4) is 5.75 Å². The molecule has 1 amide bonds. The van der Waals surface area contributed by atoms with Gasteiger partial charge >= 0.3 is 0 Å². The van der Waals surface area contributed by atoms with Crippen molar-refractivity contribution < 1.29 is 19.3 Å². The lowest BCUT2D eigenvalue weighted by Gasteiger charge is -2.27. The second-order valence-corrected chi connectivity index (χ2v) is 4.57. The maximum atomic E-state index is 12.2. The van der Waals surface area contributed by atoms with Crippen molar-refractivity contribution in [3.63, 3.8) is 0 Å². The molecule has 2 unspecified atom stereocenters. The minimum absolute atomic E-state index is 0.170. The summed E-state index contributed by atoms with van der Waals surface area (Å²) in [4.78, 5) is 28.9. The fraction of sp³-hybridized carbons (Fsp3) is 0.231. The molecule has 0 radical (unpaired) electrons. The summed E-state index contributed by atoms with van der Waals surface area (Å²) < 4.78 is 5.07. The molecule has 2 heterocycles. The van der Waals surface area contributed by atoms with Crippen LogP contribution in [0.4, 0.5) is 0 Å². The summed E-state index contributed by atoms with van der Waals surface area (Å²) >= 11 is 0. The van der Waals surface area contributed by atoms with Crippen molar-refractivity contribution >= 4 is 11.7 Å².